The summed E-state index contributed by atoms with van der Waals surface area (Å²) in [6.45, 7) is 5.75. The summed E-state index contributed by atoms with van der Waals surface area (Å²) in [6.07, 6.45) is 0.981. The van der Waals surface area contributed by atoms with Crippen LogP contribution in [-0.2, 0) is 9.53 Å². The van der Waals surface area contributed by atoms with E-state index in [2.05, 4.69) is 19.2 Å². The Labute approximate surface area is 142 Å². The Morgan fingerprint density at radius 3 is 2.46 bits per heavy atom. The van der Waals surface area contributed by atoms with Gasteiger partial charge in [-0.25, -0.2) is 4.79 Å². The zero-order chi connectivity index (χ0) is 17.5. The molecule has 0 aliphatic carbocycles. The number of ether oxygens (including phenoxy) is 1. The van der Waals surface area contributed by atoms with E-state index in [1.54, 1.807) is 12.1 Å². The van der Waals surface area contributed by atoms with Crippen molar-refractivity contribution in [3.8, 4) is 0 Å². The maximum Gasteiger partial charge on any atom is 0.338 e. The molecule has 1 amide bonds. The minimum absolute atomic E-state index is 0.304. The van der Waals surface area contributed by atoms with Gasteiger partial charge >= 0.3 is 5.97 Å². The van der Waals surface area contributed by atoms with Crippen molar-refractivity contribution in [3.63, 3.8) is 0 Å². The van der Waals surface area contributed by atoms with Gasteiger partial charge in [-0.1, -0.05) is 50.2 Å². The van der Waals surface area contributed by atoms with Crippen molar-refractivity contribution in [2.24, 2.45) is 0 Å². The van der Waals surface area contributed by atoms with E-state index in [4.69, 9.17) is 4.74 Å². The van der Waals surface area contributed by atoms with E-state index < -0.39 is 5.97 Å². The van der Waals surface area contributed by atoms with Crippen LogP contribution < -0.4 is 5.32 Å². The van der Waals surface area contributed by atoms with Gasteiger partial charge in [0.15, 0.2) is 6.61 Å². The number of hydrogen-bond acceptors (Lipinski definition) is 3. The summed E-state index contributed by atoms with van der Waals surface area (Å²) in [7, 11) is 0. The summed E-state index contributed by atoms with van der Waals surface area (Å²) >= 11 is 0. The number of carbonyl (C=O) groups excluding carboxylic acids is 2. The Hall–Kier alpha value is -2.62. The van der Waals surface area contributed by atoms with Crippen LogP contribution in [0, 0.1) is 6.92 Å². The molecule has 0 heterocycles. The van der Waals surface area contributed by atoms with Crippen molar-refractivity contribution < 1.29 is 14.3 Å². The molecule has 4 heteroatoms. The lowest BCUT2D eigenvalue weighted by Gasteiger charge is -2.15. The highest BCUT2D eigenvalue weighted by molar-refractivity contribution is 5.96. The Balaban J connectivity index is 1.97. The van der Waals surface area contributed by atoms with E-state index in [0.29, 0.717) is 11.5 Å². The third-order valence-corrected chi connectivity index (χ3v) is 4.08. The largest absolute Gasteiger partial charge is 0.452 e. The highest BCUT2D eigenvalue weighted by atomic mass is 16.5. The lowest BCUT2D eigenvalue weighted by molar-refractivity contribution is -0.119. The van der Waals surface area contributed by atoms with Crippen LogP contribution in [0.15, 0.2) is 48.5 Å². The number of rotatable bonds is 6. The molecule has 126 valence electrons. The molecule has 1 N–H and O–H groups in total. The number of anilines is 1. The molecular weight excluding hydrogens is 302 g/mol. The van der Waals surface area contributed by atoms with Crippen LogP contribution in [0.25, 0.3) is 0 Å². The first-order valence-corrected chi connectivity index (χ1v) is 8.14. The fourth-order valence-electron chi connectivity index (χ4n) is 2.46. The quantitative estimate of drug-likeness (QED) is 0.805. The van der Waals surface area contributed by atoms with Crippen LogP contribution in [0.4, 0.5) is 5.69 Å². The Kier molecular flexibility index (Phi) is 6.13. The van der Waals surface area contributed by atoms with Crippen LogP contribution >= 0.6 is 0 Å². The van der Waals surface area contributed by atoms with Gasteiger partial charge < -0.3 is 10.1 Å². The van der Waals surface area contributed by atoms with E-state index in [1.165, 1.54) is 0 Å². The van der Waals surface area contributed by atoms with Crippen molar-refractivity contribution in [2.45, 2.75) is 33.1 Å². The van der Waals surface area contributed by atoms with Gasteiger partial charge in [-0.05, 0) is 42.5 Å². The average molecular weight is 325 g/mol. The summed E-state index contributed by atoms with van der Waals surface area (Å²) in [4.78, 5) is 24.1. The number of hydrogen-bond donors (Lipinski definition) is 1. The minimum atomic E-state index is -0.488. The molecule has 0 unspecified atom stereocenters. The predicted molar refractivity (Wildman–Crippen MR) is 95.2 cm³/mol. The zero-order valence-corrected chi connectivity index (χ0v) is 14.3. The van der Waals surface area contributed by atoms with Gasteiger partial charge in [0.1, 0.15) is 0 Å². The lowest BCUT2D eigenvalue weighted by atomic mass is 9.97. The second kappa shape index (κ2) is 8.29. The second-order valence-electron chi connectivity index (χ2n) is 5.84. The lowest BCUT2D eigenvalue weighted by Crippen LogP contribution is -2.22. The van der Waals surface area contributed by atoms with Crippen LogP contribution in [0.5, 0.6) is 0 Å². The second-order valence-corrected chi connectivity index (χ2v) is 5.84. The highest BCUT2D eigenvalue weighted by Gasteiger charge is 2.14. The fourth-order valence-corrected chi connectivity index (χ4v) is 2.46. The van der Waals surface area contributed by atoms with Crippen molar-refractivity contribution in [1.29, 1.82) is 0 Å². The van der Waals surface area contributed by atoms with Crippen molar-refractivity contribution in [2.75, 3.05) is 11.9 Å². The predicted octanol–water partition coefficient (Wildman–Crippen LogP) is 4.30. The number of carbonyl (C=O) groups is 2. The molecule has 0 radical (unpaired) electrons. The summed E-state index contributed by atoms with van der Waals surface area (Å²) in [5.41, 5.74) is 3.15. The molecule has 2 aromatic carbocycles. The van der Waals surface area contributed by atoms with Crippen LogP contribution in [0.1, 0.15) is 47.7 Å². The maximum atomic E-state index is 12.1. The van der Waals surface area contributed by atoms with Gasteiger partial charge in [0, 0.05) is 5.69 Å². The van der Waals surface area contributed by atoms with E-state index in [0.717, 1.165) is 23.2 Å². The van der Waals surface area contributed by atoms with Gasteiger partial charge in [0.25, 0.3) is 5.91 Å². The molecular formula is C20H23NO3. The number of nitrogens with one attached hydrogen (secondary N) is 1. The van der Waals surface area contributed by atoms with Gasteiger partial charge in [-0.15, -0.1) is 0 Å². The van der Waals surface area contributed by atoms with Gasteiger partial charge in [-0.2, -0.15) is 0 Å². The number of para-hydroxylation sites is 1. The van der Waals surface area contributed by atoms with E-state index >= 15 is 0 Å². The van der Waals surface area contributed by atoms with Gasteiger partial charge in [0.05, 0.1) is 5.56 Å². The summed E-state index contributed by atoms with van der Waals surface area (Å²) < 4.78 is 5.12. The van der Waals surface area contributed by atoms with Crippen LogP contribution in [-0.4, -0.2) is 18.5 Å². The molecule has 4 nitrogen and oxygen atoms in total. The van der Waals surface area contributed by atoms with Crippen molar-refractivity contribution in [1.82, 2.24) is 0 Å². The maximum absolute atomic E-state index is 12.1. The Morgan fingerprint density at radius 2 is 1.75 bits per heavy atom. The fraction of sp³-hybridized carbons (Fsp3) is 0.300. The standard InChI is InChI=1S/C20H23NO3/c1-4-14(2)16-10-7-8-12-18(16)21-19(22)13-24-20(23)17-11-6-5-9-15(17)3/h5-12,14H,4,13H2,1-3H3,(H,21,22)/t14-/m1/s1. The monoisotopic (exact) mass is 325 g/mol. The van der Waals surface area contributed by atoms with E-state index in [-0.39, 0.29) is 12.5 Å². The first-order valence-electron chi connectivity index (χ1n) is 8.14. The number of aryl methyl sites for hydroxylation is 1. The van der Waals surface area contributed by atoms with Crippen molar-refractivity contribution in [3.05, 3.63) is 65.2 Å². The third-order valence-electron chi connectivity index (χ3n) is 4.08. The normalized spacial score (nSPS) is 11.6. The molecule has 0 spiro atoms. The number of esters is 1. The summed E-state index contributed by atoms with van der Waals surface area (Å²) in [6, 6.07) is 14.8. The first kappa shape index (κ1) is 17.7. The molecule has 0 aliphatic rings. The SMILES string of the molecule is CC[C@@H](C)c1ccccc1NC(=O)COC(=O)c1ccccc1C. The Bertz CT molecular complexity index is 724. The Morgan fingerprint density at radius 1 is 1.08 bits per heavy atom. The van der Waals surface area contributed by atoms with E-state index in [9.17, 15) is 9.59 Å². The topological polar surface area (TPSA) is 55.4 Å². The zero-order valence-electron chi connectivity index (χ0n) is 14.3. The van der Waals surface area contributed by atoms with E-state index in [1.807, 2.05) is 43.3 Å². The molecule has 0 bridgehead atoms. The third kappa shape index (κ3) is 4.44. The molecule has 2 rings (SSSR count). The average Bonchev–Trinajstić information content (AvgIpc) is 2.60. The summed E-state index contributed by atoms with van der Waals surface area (Å²) in [5, 5.41) is 2.83. The van der Waals surface area contributed by atoms with Gasteiger partial charge in [-0.3, -0.25) is 4.79 Å². The molecule has 0 aliphatic heterocycles. The van der Waals surface area contributed by atoms with Crippen LogP contribution in [0.3, 0.4) is 0 Å². The highest BCUT2D eigenvalue weighted by Crippen LogP contribution is 2.26. The molecule has 0 saturated heterocycles. The number of amides is 1. The minimum Gasteiger partial charge on any atom is -0.452 e. The molecule has 2 aromatic rings. The molecule has 0 aromatic heterocycles. The summed E-state index contributed by atoms with van der Waals surface area (Å²) in [5.74, 6) is -0.484. The first-order chi connectivity index (χ1) is 11.5. The van der Waals surface area contributed by atoms with Crippen molar-refractivity contribution >= 4 is 17.6 Å². The molecule has 1 atom stereocenters. The smallest absolute Gasteiger partial charge is 0.338 e. The molecule has 0 fully saturated rings. The van der Waals surface area contributed by atoms with Crippen LogP contribution in [0.2, 0.25) is 0 Å². The van der Waals surface area contributed by atoms with Gasteiger partial charge in [0.2, 0.25) is 0 Å². The number of benzene rings is 2. The molecule has 0 saturated carbocycles. The molecule has 24 heavy (non-hydrogen) atoms.